The van der Waals surface area contributed by atoms with E-state index in [9.17, 15) is 4.79 Å². The molecule has 0 unspecified atom stereocenters. The second-order valence-electron chi connectivity index (χ2n) is 3.43. The minimum absolute atomic E-state index is 0.168. The van der Waals surface area contributed by atoms with Crippen molar-refractivity contribution in [3.8, 4) is 0 Å². The molecule has 0 saturated heterocycles. The summed E-state index contributed by atoms with van der Waals surface area (Å²) in [7, 11) is 1.86. The molecule has 0 bridgehead atoms. The first-order valence-electron chi connectivity index (χ1n) is 4.80. The summed E-state index contributed by atoms with van der Waals surface area (Å²) in [5.74, 6) is 0.168. The predicted molar refractivity (Wildman–Crippen MR) is 54.4 cm³/mol. The van der Waals surface area contributed by atoms with Crippen LogP contribution in [0.4, 0.5) is 0 Å². The van der Waals surface area contributed by atoms with Crippen LogP contribution >= 0.6 is 0 Å². The Morgan fingerprint density at radius 3 is 2.77 bits per heavy atom. The summed E-state index contributed by atoms with van der Waals surface area (Å²) in [5, 5.41) is 0. The third-order valence-corrected chi connectivity index (χ3v) is 2.27. The van der Waals surface area contributed by atoms with Crippen molar-refractivity contribution in [3.63, 3.8) is 0 Å². The van der Waals surface area contributed by atoms with Crippen molar-refractivity contribution >= 4 is 5.91 Å². The summed E-state index contributed by atoms with van der Waals surface area (Å²) >= 11 is 0. The van der Waals surface area contributed by atoms with Gasteiger partial charge in [-0.1, -0.05) is 25.5 Å². The summed E-state index contributed by atoms with van der Waals surface area (Å²) in [4.78, 5) is 13.4. The molecule has 0 aliphatic carbocycles. The van der Waals surface area contributed by atoms with Crippen LogP contribution < -0.4 is 0 Å². The van der Waals surface area contributed by atoms with Gasteiger partial charge in [-0.3, -0.25) is 4.79 Å². The van der Waals surface area contributed by atoms with Crippen molar-refractivity contribution in [1.29, 1.82) is 0 Å². The number of hydrogen-bond acceptors (Lipinski definition) is 1. The van der Waals surface area contributed by atoms with Crippen molar-refractivity contribution in [2.45, 2.75) is 26.7 Å². The monoisotopic (exact) mass is 179 g/mol. The van der Waals surface area contributed by atoms with Crippen LogP contribution in [0.15, 0.2) is 23.3 Å². The Labute approximate surface area is 79.9 Å². The minimum Gasteiger partial charge on any atom is -0.338 e. The number of carbonyl (C=O) groups is 1. The van der Waals surface area contributed by atoms with E-state index in [0.717, 1.165) is 25.0 Å². The maximum absolute atomic E-state index is 11.6. The maximum Gasteiger partial charge on any atom is 0.253 e. The van der Waals surface area contributed by atoms with Gasteiger partial charge in [0.25, 0.3) is 5.91 Å². The fraction of sp³-hybridized carbons (Fsp3) is 0.545. The molecule has 1 aliphatic rings. The summed E-state index contributed by atoms with van der Waals surface area (Å²) in [6.45, 7) is 4.90. The van der Waals surface area contributed by atoms with Crippen LogP contribution in [0.1, 0.15) is 26.7 Å². The lowest BCUT2D eigenvalue weighted by Gasteiger charge is -2.07. The third-order valence-electron chi connectivity index (χ3n) is 2.27. The lowest BCUT2D eigenvalue weighted by molar-refractivity contribution is -0.124. The zero-order valence-corrected chi connectivity index (χ0v) is 8.63. The zero-order chi connectivity index (χ0) is 9.84. The number of hydrogen-bond donors (Lipinski definition) is 0. The van der Waals surface area contributed by atoms with Gasteiger partial charge in [0, 0.05) is 19.2 Å². The molecule has 0 aromatic rings. The Bertz CT molecular complexity index is 263. The highest BCUT2D eigenvalue weighted by molar-refractivity contribution is 5.99. The molecule has 1 rings (SSSR count). The van der Waals surface area contributed by atoms with E-state index in [0.29, 0.717) is 0 Å². The molecule has 72 valence electrons. The lowest BCUT2D eigenvalue weighted by Crippen LogP contribution is -2.21. The predicted octanol–water partition coefficient (Wildman–Crippen LogP) is 2.13. The quantitative estimate of drug-likeness (QED) is 0.650. The average Bonchev–Trinajstić information content (AvgIpc) is 2.34. The first-order chi connectivity index (χ1) is 6.20. The Morgan fingerprint density at radius 1 is 1.54 bits per heavy atom. The van der Waals surface area contributed by atoms with Gasteiger partial charge in [0.05, 0.1) is 0 Å². The summed E-state index contributed by atoms with van der Waals surface area (Å²) in [6, 6.07) is 0. The van der Waals surface area contributed by atoms with E-state index in [-0.39, 0.29) is 5.91 Å². The zero-order valence-electron chi connectivity index (χ0n) is 8.63. The third kappa shape index (κ3) is 2.00. The summed E-state index contributed by atoms with van der Waals surface area (Å²) in [5.41, 5.74) is 2.19. The molecule has 1 heterocycles. The number of carbonyl (C=O) groups excluding carboxylic acids is 1. The van der Waals surface area contributed by atoms with Gasteiger partial charge >= 0.3 is 0 Å². The summed E-state index contributed by atoms with van der Waals surface area (Å²) in [6.07, 6.45) is 6.01. The number of likely N-dealkylation sites (N-methyl/N-ethyl adjacent to an activating group) is 1. The SMILES string of the molecule is C/C=C\C1=C(CCC)CN(C)C1=O. The van der Waals surface area contributed by atoms with Gasteiger partial charge in [-0.05, 0) is 18.9 Å². The Morgan fingerprint density at radius 2 is 2.23 bits per heavy atom. The van der Waals surface area contributed by atoms with E-state index in [4.69, 9.17) is 0 Å². The van der Waals surface area contributed by atoms with Crippen LogP contribution in [0, 0.1) is 0 Å². The molecule has 2 heteroatoms. The molecule has 0 atom stereocenters. The molecular formula is C11H17NO. The number of nitrogens with zero attached hydrogens (tertiary/aromatic N) is 1. The molecule has 0 spiro atoms. The average molecular weight is 179 g/mol. The first kappa shape index (κ1) is 10.0. The Kier molecular flexibility index (Phi) is 3.29. The molecular weight excluding hydrogens is 162 g/mol. The number of amides is 1. The molecule has 2 nitrogen and oxygen atoms in total. The van der Waals surface area contributed by atoms with Gasteiger partial charge in [-0.25, -0.2) is 0 Å². The maximum atomic E-state index is 11.6. The Hall–Kier alpha value is -1.05. The fourth-order valence-electron chi connectivity index (χ4n) is 1.67. The van der Waals surface area contributed by atoms with Crippen LogP contribution in [0.5, 0.6) is 0 Å². The highest BCUT2D eigenvalue weighted by Crippen LogP contribution is 2.22. The van der Waals surface area contributed by atoms with Crippen LogP contribution in [0.25, 0.3) is 0 Å². The van der Waals surface area contributed by atoms with E-state index in [1.54, 1.807) is 4.90 Å². The second-order valence-corrected chi connectivity index (χ2v) is 3.43. The second kappa shape index (κ2) is 4.26. The highest BCUT2D eigenvalue weighted by atomic mass is 16.2. The van der Waals surface area contributed by atoms with Gasteiger partial charge in [-0.15, -0.1) is 0 Å². The van der Waals surface area contributed by atoms with Crippen molar-refractivity contribution < 1.29 is 4.79 Å². The van der Waals surface area contributed by atoms with E-state index < -0.39 is 0 Å². The van der Waals surface area contributed by atoms with Gasteiger partial charge in [0.15, 0.2) is 0 Å². The number of allylic oxidation sites excluding steroid dienone is 1. The lowest BCUT2D eigenvalue weighted by atomic mass is 10.1. The standard InChI is InChI=1S/C11H17NO/c1-4-6-9-8-12(3)11(13)10(9)7-5-2/h5,7H,4,6,8H2,1-3H3/b7-5-. The van der Waals surface area contributed by atoms with Crippen molar-refractivity contribution in [3.05, 3.63) is 23.3 Å². The normalized spacial score (nSPS) is 18.1. The van der Waals surface area contributed by atoms with E-state index in [2.05, 4.69) is 6.92 Å². The number of rotatable bonds is 3. The molecule has 13 heavy (non-hydrogen) atoms. The van der Waals surface area contributed by atoms with Gasteiger partial charge in [-0.2, -0.15) is 0 Å². The first-order valence-corrected chi connectivity index (χ1v) is 4.80. The minimum atomic E-state index is 0.168. The summed E-state index contributed by atoms with van der Waals surface area (Å²) < 4.78 is 0. The van der Waals surface area contributed by atoms with Gasteiger partial charge in [0.2, 0.25) is 0 Å². The molecule has 1 aliphatic heterocycles. The molecule has 0 aromatic carbocycles. The van der Waals surface area contributed by atoms with Crippen LogP contribution in [0.2, 0.25) is 0 Å². The van der Waals surface area contributed by atoms with E-state index >= 15 is 0 Å². The topological polar surface area (TPSA) is 20.3 Å². The van der Waals surface area contributed by atoms with E-state index in [1.165, 1.54) is 5.57 Å². The van der Waals surface area contributed by atoms with Crippen LogP contribution in [-0.2, 0) is 4.79 Å². The molecule has 0 N–H and O–H groups in total. The van der Waals surface area contributed by atoms with Crippen molar-refractivity contribution in [2.24, 2.45) is 0 Å². The molecule has 0 radical (unpaired) electrons. The van der Waals surface area contributed by atoms with Crippen molar-refractivity contribution in [1.82, 2.24) is 4.90 Å². The molecule has 0 saturated carbocycles. The smallest absolute Gasteiger partial charge is 0.253 e. The highest BCUT2D eigenvalue weighted by Gasteiger charge is 2.24. The van der Waals surface area contributed by atoms with Gasteiger partial charge in [0.1, 0.15) is 0 Å². The molecule has 0 aromatic heterocycles. The Balaban J connectivity index is 2.89. The molecule has 1 amide bonds. The van der Waals surface area contributed by atoms with Crippen molar-refractivity contribution in [2.75, 3.05) is 13.6 Å². The largest absolute Gasteiger partial charge is 0.338 e. The van der Waals surface area contributed by atoms with Crippen LogP contribution in [-0.4, -0.2) is 24.4 Å². The fourth-order valence-corrected chi connectivity index (χ4v) is 1.67. The molecule has 0 fully saturated rings. The van der Waals surface area contributed by atoms with E-state index in [1.807, 2.05) is 26.1 Å². The van der Waals surface area contributed by atoms with Crippen LogP contribution in [0.3, 0.4) is 0 Å². The van der Waals surface area contributed by atoms with Gasteiger partial charge < -0.3 is 4.90 Å².